The molecule has 2 amide bonds. The van der Waals surface area contributed by atoms with E-state index in [1.54, 1.807) is 0 Å². The molecule has 10 heteroatoms. The van der Waals surface area contributed by atoms with Crippen LogP contribution < -0.4 is 15.5 Å². The quantitative estimate of drug-likeness (QED) is 0.425. The van der Waals surface area contributed by atoms with E-state index in [0.717, 1.165) is 54.5 Å². The number of rotatable bonds is 9. The molecule has 0 saturated carbocycles. The summed E-state index contributed by atoms with van der Waals surface area (Å²) < 4.78 is 7.27. The maximum Gasteiger partial charge on any atom is 0.234 e. The molecule has 0 unspecified atom stereocenters. The molecule has 2 aromatic carbocycles. The van der Waals surface area contributed by atoms with Crippen molar-refractivity contribution in [1.29, 1.82) is 0 Å². The van der Waals surface area contributed by atoms with Crippen LogP contribution in [0.25, 0.3) is 0 Å². The second-order valence-electron chi connectivity index (χ2n) is 8.67. The number of hydrogen-bond acceptors (Lipinski definition) is 7. The molecule has 9 nitrogen and oxygen atoms in total. The number of benzene rings is 2. The first-order valence-corrected chi connectivity index (χ1v) is 13.1. The van der Waals surface area contributed by atoms with Crippen molar-refractivity contribution >= 4 is 40.6 Å². The predicted molar refractivity (Wildman–Crippen MR) is 143 cm³/mol. The van der Waals surface area contributed by atoms with Gasteiger partial charge in [-0.2, -0.15) is 0 Å². The number of nitrogens with one attached hydrogen (secondary N) is 2. The summed E-state index contributed by atoms with van der Waals surface area (Å²) in [6.45, 7) is 9.76. The fourth-order valence-corrected chi connectivity index (χ4v) is 4.89. The first kappa shape index (κ1) is 25.7. The van der Waals surface area contributed by atoms with Crippen LogP contribution in [0.2, 0.25) is 0 Å². The van der Waals surface area contributed by atoms with E-state index in [-0.39, 0.29) is 24.0 Å². The number of anilines is 3. The largest absolute Gasteiger partial charge is 0.378 e. The van der Waals surface area contributed by atoms with Gasteiger partial charge in [0.15, 0.2) is 5.16 Å². The second kappa shape index (κ2) is 12.0. The van der Waals surface area contributed by atoms with E-state index >= 15 is 0 Å². The van der Waals surface area contributed by atoms with E-state index in [4.69, 9.17) is 4.74 Å². The average molecular weight is 509 g/mol. The molecule has 0 radical (unpaired) electrons. The highest BCUT2D eigenvalue weighted by Crippen LogP contribution is 2.21. The van der Waals surface area contributed by atoms with Crippen molar-refractivity contribution in [3.63, 3.8) is 0 Å². The summed E-state index contributed by atoms with van der Waals surface area (Å²) in [6.07, 6.45) is 0.108. The van der Waals surface area contributed by atoms with Gasteiger partial charge in [0.1, 0.15) is 5.82 Å². The number of hydrogen-bond donors (Lipinski definition) is 2. The number of morpholine rings is 1. The maximum absolute atomic E-state index is 12.6. The van der Waals surface area contributed by atoms with Gasteiger partial charge < -0.3 is 24.8 Å². The van der Waals surface area contributed by atoms with Crippen molar-refractivity contribution in [3.8, 4) is 0 Å². The Morgan fingerprint density at radius 1 is 1.00 bits per heavy atom. The van der Waals surface area contributed by atoms with Gasteiger partial charge in [-0.3, -0.25) is 9.59 Å². The number of aromatic nitrogens is 3. The standard InChI is InChI=1S/C26H32N6O3S/c1-4-32-23(16-24(33)28-22-10-5-18(2)15-19(22)3)29-30-26(32)36-17-25(34)27-20-6-8-21(9-7-20)31-11-13-35-14-12-31/h5-10,15H,4,11-14,16-17H2,1-3H3,(H,27,34)(H,28,33). The normalized spacial score (nSPS) is 13.5. The van der Waals surface area contributed by atoms with E-state index in [2.05, 4.69) is 25.7 Å². The lowest BCUT2D eigenvalue weighted by molar-refractivity contribution is -0.116. The summed E-state index contributed by atoms with van der Waals surface area (Å²) in [5.74, 6) is 0.483. The Hall–Kier alpha value is -3.37. The van der Waals surface area contributed by atoms with Gasteiger partial charge in [-0.25, -0.2) is 0 Å². The van der Waals surface area contributed by atoms with E-state index < -0.39 is 0 Å². The van der Waals surface area contributed by atoms with Gasteiger partial charge in [-0.1, -0.05) is 29.5 Å². The Balaban J connectivity index is 1.29. The topological polar surface area (TPSA) is 101 Å². The molecule has 190 valence electrons. The van der Waals surface area contributed by atoms with Gasteiger partial charge in [0.25, 0.3) is 0 Å². The zero-order chi connectivity index (χ0) is 25.5. The molecule has 1 aliphatic heterocycles. The first-order valence-electron chi connectivity index (χ1n) is 12.1. The molecule has 4 rings (SSSR count). The molecule has 1 fully saturated rings. The lowest BCUT2D eigenvalue weighted by Gasteiger charge is -2.28. The van der Waals surface area contributed by atoms with Crippen LogP contribution in [0.4, 0.5) is 17.1 Å². The predicted octanol–water partition coefficient (Wildman–Crippen LogP) is 3.66. The minimum atomic E-state index is -0.154. The van der Waals surface area contributed by atoms with Gasteiger partial charge in [0.05, 0.1) is 25.4 Å². The van der Waals surface area contributed by atoms with Crippen molar-refractivity contribution in [3.05, 3.63) is 59.4 Å². The molecule has 0 bridgehead atoms. The van der Waals surface area contributed by atoms with Crippen LogP contribution in [0.3, 0.4) is 0 Å². The third kappa shape index (κ3) is 6.64. The summed E-state index contributed by atoms with van der Waals surface area (Å²) in [6, 6.07) is 13.7. The van der Waals surface area contributed by atoms with Gasteiger partial charge in [-0.15, -0.1) is 10.2 Å². The second-order valence-corrected chi connectivity index (χ2v) is 9.61. The van der Waals surface area contributed by atoms with Crippen LogP contribution in [0, 0.1) is 13.8 Å². The summed E-state index contributed by atoms with van der Waals surface area (Å²) in [4.78, 5) is 27.4. The zero-order valence-corrected chi connectivity index (χ0v) is 21.7. The zero-order valence-electron chi connectivity index (χ0n) is 20.9. The third-order valence-corrected chi connectivity index (χ3v) is 6.91. The number of thioether (sulfide) groups is 1. The minimum absolute atomic E-state index is 0.108. The molecule has 36 heavy (non-hydrogen) atoms. The summed E-state index contributed by atoms with van der Waals surface area (Å²) >= 11 is 1.30. The van der Waals surface area contributed by atoms with E-state index in [1.807, 2.05) is 67.8 Å². The van der Waals surface area contributed by atoms with Crippen LogP contribution >= 0.6 is 11.8 Å². The lowest BCUT2D eigenvalue weighted by atomic mass is 10.1. The number of nitrogens with zero attached hydrogens (tertiary/aromatic N) is 4. The number of ether oxygens (including phenoxy) is 1. The van der Waals surface area contributed by atoms with Crippen LogP contribution in [0.1, 0.15) is 23.9 Å². The van der Waals surface area contributed by atoms with E-state index in [0.29, 0.717) is 17.5 Å². The summed E-state index contributed by atoms with van der Waals surface area (Å²) in [7, 11) is 0. The molecule has 1 aliphatic rings. The smallest absolute Gasteiger partial charge is 0.234 e. The summed E-state index contributed by atoms with van der Waals surface area (Å²) in [5, 5.41) is 14.9. The Labute approximate surface area is 215 Å². The van der Waals surface area contributed by atoms with Crippen LogP contribution in [-0.4, -0.2) is 58.6 Å². The van der Waals surface area contributed by atoms with E-state index in [9.17, 15) is 9.59 Å². The highest BCUT2D eigenvalue weighted by Gasteiger charge is 2.17. The van der Waals surface area contributed by atoms with Crippen molar-refractivity contribution in [2.75, 3.05) is 47.6 Å². The number of aryl methyl sites for hydroxylation is 2. The van der Waals surface area contributed by atoms with Gasteiger partial charge >= 0.3 is 0 Å². The third-order valence-electron chi connectivity index (χ3n) is 5.94. The SMILES string of the molecule is CCn1c(CC(=O)Nc2ccc(C)cc2C)nnc1SCC(=O)Nc1ccc(N2CCOCC2)cc1. The molecule has 0 spiro atoms. The molecule has 0 atom stereocenters. The van der Waals surface area contributed by atoms with Crippen LogP contribution in [0.15, 0.2) is 47.6 Å². The van der Waals surface area contributed by atoms with E-state index in [1.165, 1.54) is 11.8 Å². The van der Waals surface area contributed by atoms with Crippen LogP contribution in [0.5, 0.6) is 0 Å². The fourth-order valence-electron chi connectivity index (χ4n) is 4.07. The minimum Gasteiger partial charge on any atom is -0.378 e. The lowest BCUT2D eigenvalue weighted by Crippen LogP contribution is -2.36. The van der Waals surface area contributed by atoms with Crippen molar-refractivity contribution < 1.29 is 14.3 Å². The maximum atomic E-state index is 12.6. The molecular weight excluding hydrogens is 476 g/mol. The van der Waals surface area contributed by atoms with Gasteiger partial charge in [-0.05, 0) is 56.7 Å². The number of carbonyl (C=O) groups is 2. The molecule has 2 heterocycles. The monoisotopic (exact) mass is 508 g/mol. The molecule has 1 aromatic heterocycles. The first-order chi connectivity index (χ1) is 17.4. The van der Waals surface area contributed by atoms with Crippen LogP contribution in [-0.2, 0) is 27.3 Å². The molecule has 1 saturated heterocycles. The van der Waals surface area contributed by atoms with Crippen molar-refractivity contribution in [1.82, 2.24) is 14.8 Å². The highest BCUT2D eigenvalue weighted by atomic mass is 32.2. The number of amides is 2. The Bertz CT molecular complexity index is 1200. The highest BCUT2D eigenvalue weighted by molar-refractivity contribution is 7.99. The van der Waals surface area contributed by atoms with Crippen molar-refractivity contribution in [2.45, 2.75) is 38.9 Å². The Morgan fingerprint density at radius 2 is 1.75 bits per heavy atom. The molecular formula is C26H32N6O3S. The Kier molecular flexibility index (Phi) is 8.61. The van der Waals surface area contributed by atoms with Gasteiger partial charge in [0, 0.05) is 36.7 Å². The number of carbonyl (C=O) groups excluding carboxylic acids is 2. The average Bonchev–Trinajstić information content (AvgIpc) is 3.26. The molecule has 2 N–H and O–H groups in total. The summed E-state index contributed by atoms with van der Waals surface area (Å²) in [5.41, 5.74) is 4.82. The van der Waals surface area contributed by atoms with Gasteiger partial charge in [0.2, 0.25) is 11.8 Å². The van der Waals surface area contributed by atoms with Crippen molar-refractivity contribution in [2.24, 2.45) is 0 Å². The molecule has 3 aromatic rings. The Morgan fingerprint density at radius 3 is 2.44 bits per heavy atom. The molecule has 0 aliphatic carbocycles. The fraction of sp³-hybridized carbons (Fsp3) is 0.385.